The van der Waals surface area contributed by atoms with Crippen LogP contribution in [0.5, 0.6) is 0 Å². The van der Waals surface area contributed by atoms with Gasteiger partial charge in [-0.2, -0.15) is 4.31 Å². The van der Waals surface area contributed by atoms with Crippen molar-refractivity contribution in [3.63, 3.8) is 0 Å². The topological polar surface area (TPSA) is 54.5 Å². The highest BCUT2D eigenvalue weighted by Crippen LogP contribution is 2.19. The number of carbonyl (C=O) groups excluding carboxylic acids is 1. The van der Waals surface area contributed by atoms with Gasteiger partial charge in [-0.1, -0.05) is 30.3 Å². The van der Waals surface area contributed by atoms with Crippen LogP contribution in [-0.4, -0.2) is 24.5 Å². The molecule has 0 fully saturated rings. The second kappa shape index (κ2) is 7.00. The van der Waals surface area contributed by atoms with Gasteiger partial charge in [0.2, 0.25) is 15.3 Å². The Hall–Kier alpha value is -1.76. The number of carbonyl (C=O) groups is 1. The Bertz CT molecular complexity index is 748. The lowest BCUT2D eigenvalue weighted by atomic mass is 10.2. The molecule has 0 aromatic heterocycles. The zero-order valence-corrected chi connectivity index (χ0v) is 13.0. The average molecular weight is 342 g/mol. The standard InChI is InChI=1S/C15H13ClFNO3S/c16-15(19)11-18(10-12-4-2-1-3-5-12)22(20,21)14-8-6-13(17)7-9-14/h1-9H,10-11H2. The Kier molecular flexibility index (Phi) is 5.28. The molecule has 0 N–H and O–H groups in total. The van der Waals surface area contributed by atoms with E-state index in [0.717, 1.165) is 28.6 Å². The van der Waals surface area contributed by atoms with E-state index >= 15 is 0 Å². The first-order chi connectivity index (χ1) is 10.4. The number of hydrogen-bond donors (Lipinski definition) is 0. The number of rotatable bonds is 6. The molecule has 7 heteroatoms. The van der Waals surface area contributed by atoms with Crippen LogP contribution in [0.15, 0.2) is 59.5 Å². The van der Waals surface area contributed by atoms with Crippen molar-refractivity contribution < 1.29 is 17.6 Å². The van der Waals surface area contributed by atoms with Crippen LogP contribution in [0.4, 0.5) is 4.39 Å². The fraction of sp³-hybridized carbons (Fsp3) is 0.133. The van der Waals surface area contributed by atoms with Crippen molar-refractivity contribution in [2.24, 2.45) is 0 Å². The molecule has 2 rings (SSSR count). The van der Waals surface area contributed by atoms with Crippen LogP contribution < -0.4 is 0 Å². The van der Waals surface area contributed by atoms with Crippen molar-refractivity contribution in [2.45, 2.75) is 11.4 Å². The van der Waals surface area contributed by atoms with E-state index in [0.29, 0.717) is 5.56 Å². The van der Waals surface area contributed by atoms with Crippen LogP contribution in [0, 0.1) is 5.82 Å². The summed E-state index contributed by atoms with van der Waals surface area (Å²) < 4.78 is 39.1. The van der Waals surface area contributed by atoms with Crippen molar-refractivity contribution in [3.05, 3.63) is 66.0 Å². The van der Waals surface area contributed by atoms with E-state index in [1.165, 1.54) is 0 Å². The van der Waals surface area contributed by atoms with Gasteiger partial charge in [0.1, 0.15) is 5.82 Å². The van der Waals surface area contributed by atoms with Crippen molar-refractivity contribution >= 4 is 26.9 Å². The van der Waals surface area contributed by atoms with Gasteiger partial charge in [-0.15, -0.1) is 0 Å². The van der Waals surface area contributed by atoms with Gasteiger partial charge in [-0.3, -0.25) is 4.79 Å². The van der Waals surface area contributed by atoms with E-state index in [4.69, 9.17) is 11.6 Å². The molecule has 0 bridgehead atoms. The molecule has 4 nitrogen and oxygen atoms in total. The second-order valence-corrected chi connectivity index (χ2v) is 6.93. The molecule has 22 heavy (non-hydrogen) atoms. The van der Waals surface area contributed by atoms with E-state index in [-0.39, 0.29) is 11.4 Å². The van der Waals surface area contributed by atoms with Gasteiger partial charge < -0.3 is 0 Å². The zero-order chi connectivity index (χ0) is 16.2. The third-order valence-corrected chi connectivity index (χ3v) is 4.88. The minimum absolute atomic E-state index is 0.000982. The maximum absolute atomic E-state index is 12.9. The molecular formula is C15H13ClFNO3S. The quantitative estimate of drug-likeness (QED) is 0.759. The van der Waals surface area contributed by atoms with Gasteiger partial charge in [0.25, 0.3) is 0 Å². The van der Waals surface area contributed by atoms with Crippen molar-refractivity contribution in [1.29, 1.82) is 0 Å². The number of benzene rings is 2. The Morgan fingerprint density at radius 2 is 1.64 bits per heavy atom. The summed E-state index contributed by atoms with van der Waals surface area (Å²) in [5.41, 5.74) is 0.714. The summed E-state index contributed by atoms with van der Waals surface area (Å²) in [6.07, 6.45) is 0. The fourth-order valence-corrected chi connectivity index (χ4v) is 3.51. The molecule has 0 aliphatic carbocycles. The van der Waals surface area contributed by atoms with Gasteiger partial charge in [0.05, 0.1) is 11.4 Å². The van der Waals surface area contributed by atoms with Crippen LogP contribution in [0.2, 0.25) is 0 Å². The summed E-state index contributed by atoms with van der Waals surface area (Å²) in [4.78, 5) is 11.1. The molecule has 0 aliphatic rings. The third-order valence-electron chi connectivity index (χ3n) is 2.95. The van der Waals surface area contributed by atoms with E-state index in [2.05, 4.69) is 0 Å². The van der Waals surface area contributed by atoms with Crippen LogP contribution >= 0.6 is 11.6 Å². The lowest BCUT2D eigenvalue weighted by molar-refractivity contribution is -0.111. The maximum Gasteiger partial charge on any atom is 0.243 e. The Morgan fingerprint density at radius 3 is 2.18 bits per heavy atom. The van der Waals surface area contributed by atoms with Crippen molar-refractivity contribution in [3.8, 4) is 0 Å². The molecule has 0 atom stereocenters. The van der Waals surface area contributed by atoms with Crippen molar-refractivity contribution in [1.82, 2.24) is 4.31 Å². The summed E-state index contributed by atoms with van der Waals surface area (Å²) in [6, 6.07) is 13.2. The Balaban J connectivity index is 2.35. The molecule has 2 aromatic carbocycles. The van der Waals surface area contributed by atoms with E-state index in [1.54, 1.807) is 30.3 Å². The van der Waals surface area contributed by atoms with Crippen molar-refractivity contribution in [2.75, 3.05) is 6.54 Å². The summed E-state index contributed by atoms with van der Waals surface area (Å²) in [7, 11) is -3.95. The van der Waals surface area contributed by atoms with Gasteiger partial charge in [-0.05, 0) is 41.4 Å². The van der Waals surface area contributed by atoms with Gasteiger partial charge >= 0.3 is 0 Å². The first kappa shape index (κ1) is 16.6. The molecule has 2 aromatic rings. The smallest absolute Gasteiger partial charge is 0.243 e. The van der Waals surface area contributed by atoms with Crippen LogP contribution in [0.3, 0.4) is 0 Å². The lowest BCUT2D eigenvalue weighted by Gasteiger charge is -2.20. The normalized spacial score (nSPS) is 11.6. The molecule has 0 unspecified atom stereocenters. The lowest BCUT2D eigenvalue weighted by Crippen LogP contribution is -2.34. The summed E-state index contributed by atoms with van der Waals surface area (Å²) in [5, 5.41) is -0.790. The molecule has 116 valence electrons. The molecule has 0 heterocycles. The minimum atomic E-state index is -3.95. The van der Waals surface area contributed by atoms with Crippen LogP contribution in [0.1, 0.15) is 5.56 Å². The predicted octanol–water partition coefficient (Wildman–Crippen LogP) is 2.78. The Morgan fingerprint density at radius 1 is 1.05 bits per heavy atom. The number of hydrogen-bond acceptors (Lipinski definition) is 3. The fourth-order valence-electron chi connectivity index (χ4n) is 1.91. The molecule has 0 saturated carbocycles. The highest BCUT2D eigenvalue weighted by molar-refractivity contribution is 7.89. The zero-order valence-electron chi connectivity index (χ0n) is 11.4. The third kappa shape index (κ3) is 4.13. The van der Waals surface area contributed by atoms with E-state index in [1.807, 2.05) is 0 Å². The molecule has 0 saturated heterocycles. The number of nitrogens with zero attached hydrogens (tertiary/aromatic N) is 1. The predicted molar refractivity (Wildman–Crippen MR) is 81.3 cm³/mol. The number of halogens is 2. The summed E-state index contributed by atoms with van der Waals surface area (Å²) >= 11 is 5.35. The average Bonchev–Trinajstić information content (AvgIpc) is 2.47. The molecule has 0 radical (unpaired) electrons. The van der Waals surface area contributed by atoms with Gasteiger partial charge in [0.15, 0.2) is 0 Å². The van der Waals surface area contributed by atoms with Crippen LogP contribution in [0.25, 0.3) is 0 Å². The number of sulfonamides is 1. The largest absolute Gasteiger partial charge is 0.280 e. The molecule has 0 amide bonds. The molecule has 0 spiro atoms. The Labute approximate surface area is 133 Å². The SMILES string of the molecule is O=C(Cl)CN(Cc1ccccc1)S(=O)(=O)c1ccc(F)cc1. The monoisotopic (exact) mass is 341 g/mol. The van der Waals surface area contributed by atoms with E-state index in [9.17, 15) is 17.6 Å². The summed E-state index contributed by atoms with van der Waals surface area (Å²) in [5.74, 6) is -0.540. The highest BCUT2D eigenvalue weighted by Gasteiger charge is 2.26. The second-order valence-electron chi connectivity index (χ2n) is 4.57. The maximum atomic E-state index is 12.9. The first-order valence-electron chi connectivity index (χ1n) is 6.37. The molecule has 0 aliphatic heterocycles. The molecular weight excluding hydrogens is 329 g/mol. The first-order valence-corrected chi connectivity index (χ1v) is 8.19. The van der Waals surface area contributed by atoms with Crippen LogP contribution in [-0.2, 0) is 21.4 Å². The van der Waals surface area contributed by atoms with E-state index < -0.39 is 27.6 Å². The van der Waals surface area contributed by atoms with Gasteiger partial charge in [0, 0.05) is 6.54 Å². The van der Waals surface area contributed by atoms with Gasteiger partial charge in [-0.25, -0.2) is 12.8 Å². The summed E-state index contributed by atoms with van der Waals surface area (Å²) in [6.45, 7) is -0.463. The minimum Gasteiger partial charge on any atom is -0.280 e. The highest BCUT2D eigenvalue weighted by atomic mass is 35.5.